The third-order valence-electron chi connectivity index (χ3n) is 5.48. The summed E-state index contributed by atoms with van der Waals surface area (Å²) >= 11 is 1.44. The third kappa shape index (κ3) is 3.39. The molecule has 0 aliphatic carbocycles. The van der Waals surface area contributed by atoms with Gasteiger partial charge in [-0.15, -0.1) is 11.8 Å². The molecule has 0 saturated heterocycles. The zero-order chi connectivity index (χ0) is 23.1. The Balaban J connectivity index is 1.95. The summed E-state index contributed by atoms with van der Waals surface area (Å²) in [6, 6.07) is 9.02. The van der Waals surface area contributed by atoms with E-state index >= 15 is 0 Å². The lowest BCUT2D eigenvalue weighted by Gasteiger charge is -2.20. The maximum Gasteiger partial charge on any atom is 0.339 e. The Bertz CT molecular complexity index is 1300. The van der Waals surface area contributed by atoms with Crippen molar-refractivity contribution in [1.82, 2.24) is 0 Å². The second kappa shape index (κ2) is 8.40. The van der Waals surface area contributed by atoms with Crippen molar-refractivity contribution in [3.63, 3.8) is 0 Å². The standard InChI is InChI=1S/C24H20O8S/c1-4-33-22-14-9-18-17(31-11-32-18)8-13(14)19(12-5-6-15-16(7-12)30-10-29-15)20(23(25)27-2)21(22)24(26)28-3/h5-9H,4,10-11H2,1-3H3. The molecule has 3 aromatic carbocycles. The number of esters is 2. The van der Waals surface area contributed by atoms with Gasteiger partial charge in [0.2, 0.25) is 13.6 Å². The molecule has 8 nitrogen and oxygen atoms in total. The number of hydrogen-bond donors (Lipinski definition) is 0. The smallest absolute Gasteiger partial charge is 0.339 e. The van der Waals surface area contributed by atoms with Crippen molar-refractivity contribution in [3.8, 4) is 34.1 Å². The molecule has 9 heteroatoms. The van der Waals surface area contributed by atoms with Crippen LogP contribution in [0.2, 0.25) is 0 Å². The van der Waals surface area contributed by atoms with Crippen LogP contribution in [0.15, 0.2) is 35.2 Å². The van der Waals surface area contributed by atoms with Crippen molar-refractivity contribution in [2.75, 3.05) is 33.6 Å². The Morgan fingerprint density at radius 1 is 0.818 bits per heavy atom. The number of thioether (sulfide) groups is 1. The number of carbonyl (C=O) groups excluding carboxylic acids is 2. The zero-order valence-corrected chi connectivity index (χ0v) is 19.0. The Morgan fingerprint density at radius 2 is 1.39 bits per heavy atom. The summed E-state index contributed by atoms with van der Waals surface area (Å²) in [5.74, 6) is 1.65. The van der Waals surface area contributed by atoms with Crippen LogP contribution in [0.3, 0.4) is 0 Å². The van der Waals surface area contributed by atoms with Crippen LogP contribution in [0, 0.1) is 0 Å². The van der Waals surface area contributed by atoms with Gasteiger partial charge in [0.15, 0.2) is 23.0 Å². The highest BCUT2D eigenvalue weighted by Crippen LogP contribution is 2.48. The van der Waals surface area contributed by atoms with Crippen LogP contribution in [0.1, 0.15) is 27.6 Å². The van der Waals surface area contributed by atoms with Crippen molar-refractivity contribution >= 4 is 34.5 Å². The second-order valence-corrected chi connectivity index (χ2v) is 8.46. The molecule has 2 aliphatic heterocycles. The van der Waals surface area contributed by atoms with Crippen LogP contribution >= 0.6 is 11.8 Å². The Morgan fingerprint density at radius 3 is 2.03 bits per heavy atom. The lowest BCUT2D eigenvalue weighted by molar-refractivity contribution is 0.0553. The van der Waals surface area contributed by atoms with Crippen LogP contribution in [0.4, 0.5) is 0 Å². The summed E-state index contributed by atoms with van der Waals surface area (Å²) in [5.41, 5.74) is 1.43. The van der Waals surface area contributed by atoms with Gasteiger partial charge in [-0.2, -0.15) is 0 Å². The van der Waals surface area contributed by atoms with E-state index in [9.17, 15) is 9.59 Å². The van der Waals surface area contributed by atoms with E-state index in [1.807, 2.05) is 25.1 Å². The minimum atomic E-state index is -0.652. The highest BCUT2D eigenvalue weighted by atomic mass is 32.2. The Kier molecular flexibility index (Phi) is 5.41. The van der Waals surface area contributed by atoms with E-state index < -0.39 is 11.9 Å². The van der Waals surface area contributed by atoms with Crippen LogP contribution in [-0.2, 0) is 9.47 Å². The number of carbonyl (C=O) groups is 2. The SMILES string of the molecule is CCSc1c(C(=O)OC)c(C(=O)OC)c(-c2ccc3c(c2)OCO3)c2cc3c(cc12)OCO3. The van der Waals surface area contributed by atoms with Gasteiger partial charge in [0, 0.05) is 15.8 Å². The molecule has 170 valence electrons. The normalized spacial score (nSPS) is 13.3. The molecule has 0 radical (unpaired) electrons. The topological polar surface area (TPSA) is 89.5 Å². The minimum Gasteiger partial charge on any atom is -0.465 e. The van der Waals surface area contributed by atoms with E-state index in [1.54, 1.807) is 12.1 Å². The maximum absolute atomic E-state index is 13.2. The highest BCUT2D eigenvalue weighted by Gasteiger charge is 2.32. The predicted octanol–water partition coefficient (Wildman–Crippen LogP) is 4.65. The van der Waals surface area contributed by atoms with Crippen molar-refractivity contribution < 1.29 is 38.0 Å². The summed E-state index contributed by atoms with van der Waals surface area (Å²) in [6.45, 7) is 2.17. The highest BCUT2D eigenvalue weighted by molar-refractivity contribution is 7.99. The minimum absolute atomic E-state index is 0.0922. The van der Waals surface area contributed by atoms with Crippen molar-refractivity contribution in [1.29, 1.82) is 0 Å². The first-order valence-electron chi connectivity index (χ1n) is 10.2. The van der Waals surface area contributed by atoms with E-state index in [0.717, 1.165) is 5.39 Å². The summed E-state index contributed by atoms with van der Waals surface area (Å²) in [6.07, 6.45) is 0. The number of rotatable bonds is 5. The van der Waals surface area contributed by atoms with Gasteiger partial charge in [-0.25, -0.2) is 9.59 Å². The number of methoxy groups -OCH3 is 2. The first kappa shape index (κ1) is 21.3. The molecule has 0 spiro atoms. The number of ether oxygens (including phenoxy) is 6. The third-order valence-corrected chi connectivity index (χ3v) is 6.48. The molecule has 0 amide bonds. The van der Waals surface area contributed by atoms with Gasteiger partial charge in [0.25, 0.3) is 0 Å². The quantitative estimate of drug-likeness (QED) is 0.392. The van der Waals surface area contributed by atoms with Gasteiger partial charge in [-0.3, -0.25) is 0 Å². The first-order chi connectivity index (χ1) is 16.1. The molecular formula is C24H20O8S. The van der Waals surface area contributed by atoms with Gasteiger partial charge >= 0.3 is 11.9 Å². The molecule has 3 aromatic rings. The molecule has 2 aliphatic rings. The van der Waals surface area contributed by atoms with Gasteiger partial charge in [-0.1, -0.05) is 13.0 Å². The fourth-order valence-electron chi connectivity index (χ4n) is 4.09. The molecular weight excluding hydrogens is 448 g/mol. The average molecular weight is 468 g/mol. The Hall–Kier alpha value is -3.59. The maximum atomic E-state index is 13.2. The molecule has 0 saturated carbocycles. The largest absolute Gasteiger partial charge is 0.465 e. The predicted molar refractivity (Wildman–Crippen MR) is 121 cm³/mol. The van der Waals surface area contributed by atoms with Gasteiger partial charge in [0.1, 0.15) is 0 Å². The molecule has 0 N–H and O–H groups in total. The van der Waals surface area contributed by atoms with E-state index in [2.05, 4.69) is 0 Å². The molecule has 0 unspecified atom stereocenters. The van der Waals surface area contributed by atoms with Gasteiger partial charge in [-0.05, 0) is 41.0 Å². The van der Waals surface area contributed by atoms with Gasteiger partial charge in [0.05, 0.1) is 25.3 Å². The monoisotopic (exact) mass is 468 g/mol. The number of benzene rings is 3. The van der Waals surface area contributed by atoms with Crippen LogP contribution in [0.5, 0.6) is 23.0 Å². The first-order valence-corrected chi connectivity index (χ1v) is 11.2. The van der Waals surface area contributed by atoms with Crippen molar-refractivity contribution in [3.05, 3.63) is 41.5 Å². The van der Waals surface area contributed by atoms with E-state index in [-0.39, 0.29) is 24.7 Å². The number of hydrogen-bond acceptors (Lipinski definition) is 9. The summed E-state index contributed by atoms with van der Waals surface area (Å²) in [4.78, 5) is 26.8. The molecule has 5 rings (SSSR count). The van der Waals surface area contributed by atoms with Gasteiger partial charge < -0.3 is 28.4 Å². The molecule has 0 aromatic heterocycles. The fourth-order valence-corrected chi connectivity index (χ4v) is 5.04. The average Bonchev–Trinajstić information content (AvgIpc) is 3.50. The van der Waals surface area contributed by atoms with Crippen LogP contribution in [0.25, 0.3) is 21.9 Å². The summed E-state index contributed by atoms with van der Waals surface area (Å²) < 4.78 is 32.4. The molecule has 0 bridgehead atoms. The van der Waals surface area contributed by atoms with Crippen molar-refractivity contribution in [2.45, 2.75) is 11.8 Å². The summed E-state index contributed by atoms with van der Waals surface area (Å²) in [5, 5.41) is 1.45. The molecule has 0 fully saturated rings. The summed E-state index contributed by atoms with van der Waals surface area (Å²) in [7, 11) is 2.57. The fraction of sp³-hybridized carbons (Fsp3) is 0.250. The van der Waals surface area contributed by atoms with Crippen LogP contribution in [-0.4, -0.2) is 45.5 Å². The lowest BCUT2D eigenvalue weighted by Crippen LogP contribution is -2.16. The molecule has 0 atom stereocenters. The zero-order valence-electron chi connectivity index (χ0n) is 18.2. The number of fused-ring (bicyclic) bond motifs is 3. The van der Waals surface area contributed by atoms with Crippen molar-refractivity contribution in [2.24, 2.45) is 0 Å². The lowest BCUT2D eigenvalue weighted by atomic mass is 9.88. The van der Waals surface area contributed by atoms with Crippen LogP contribution < -0.4 is 18.9 Å². The van der Waals surface area contributed by atoms with E-state index in [1.165, 1.54) is 26.0 Å². The molecule has 33 heavy (non-hydrogen) atoms. The molecule has 2 heterocycles. The van der Waals surface area contributed by atoms with E-state index in [0.29, 0.717) is 50.2 Å². The second-order valence-electron chi connectivity index (χ2n) is 7.19. The Labute approximate surface area is 193 Å². The van der Waals surface area contributed by atoms with E-state index in [4.69, 9.17) is 28.4 Å².